The van der Waals surface area contributed by atoms with Gasteiger partial charge in [0.05, 0.1) is 17.9 Å². The highest BCUT2D eigenvalue weighted by Gasteiger charge is 2.28. The Morgan fingerprint density at radius 2 is 1.66 bits per heavy atom. The molecule has 2 aromatic heterocycles. The van der Waals surface area contributed by atoms with Crippen molar-refractivity contribution in [3.8, 4) is 0 Å². The van der Waals surface area contributed by atoms with Crippen LogP contribution in [0.3, 0.4) is 0 Å². The van der Waals surface area contributed by atoms with Crippen LogP contribution < -0.4 is 5.63 Å². The molecule has 0 bridgehead atoms. The number of hydrogen-bond acceptors (Lipinski definition) is 5. The SMILES string of the molecule is Cc1oc2cc3oc(=O)c(CC(=O)N4CCC(C(=O)O)CC4)c(C)c3cc2c1C. The number of nitrogens with zero attached hydrogens (tertiary/aromatic N) is 1. The van der Waals surface area contributed by atoms with Gasteiger partial charge in [0, 0.05) is 29.9 Å². The Kier molecular flexibility index (Phi) is 4.68. The standard InChI is InChI=1S/C22H23NO6/c1-11-13(3)28-18-10-19-16(8-15(11)18)12(2)17(22(27)29-19)9-20(24)23-6-4-14(5-7-23)21(25)26/h8,10,14H,4-7,9H2,1-3H3,(H,25,26). The lowest BCUT2D eigenvalue weighted by Gasteiger charge is -2.30. The molecule has 0 unspecified atom stereocenters. The van der Waals surface area contributed by atoms with E-state index in [1.54, 1.807) is 11.0 Å². The van der Waals surface area contributed by atoms with Gasteiger partial charge in [-0.05, 0) is 50.8 Å². The number of aliphatic carboxylic acids is 1. The normalized spacial score (nSPS) is 15.3. The number of fused-ring (bicyclic) bond motifs is 2. The van der Waals surface area contributed by atoms with Crippen molar-refractivity contribution in [2.24, 2.45) is 5.92 Å². The van der Waals surface area contributed by atoms with Crippen molar-refractivity contribution < 1.29 is 23.5 Å². The zero-order chi connectivity index (χ0) is 20.9. The number of carboxylic acids is 1. The van der Waals surface area contributed by atoms with E-state index in [2.05, 4.69) is 0 Å². The molecule has 1 aromatic carbocycles. The number of carbonyl (C=O) groups excluding carboxylic acids is 1. The summed E-state index contributed by atoms with van der Waals surface area (Å²) in [4.78, 5) is 38.0. The first kappa shape index (κ1) is 19.2. The molecule has 1 aliphatic rings. The van der Waals surface area contributed by atoms with E-state index in [-0.39, 0.29) is 12.3 Å². The summed E-state index contributed by atoms with van der Waals surface area (Å²) in [6, 6.07) is 3.67. The Morgan fingerprint density at radius 1 is 1.03 bits per heavy atom. The third-order valence-electron chi connectivity index (χ3n) is 6.11. The smallest absolute Gasteiger partial charge is 0.340 e. The topological polar surface area (TPSA) is 101 Å². The molecule has 0 aliphatic carbocycles. The minimum Gasteiger partial charge on any atom is -0.481 e. The van der Waals surface area contributed by atoms with Gasteiger partial charge in [0.15, 0.2) is 0 Å². The molecule has 1 N–H and O–H groups in total. The van der Waals surface area contributed by atoms with E-state index in [0.717, 1.165) is 27.7 Å². The summed E-state index contributed by atoms with van der Waals surface area (Å²) < 4.78 is 11.2. The van der Waals surface area contributed by atoms with E-state index in [9.17, 15) is 14.4 Å². The van der Waals surface area contributed by atoms with Gasteiger partial charge >= 0.3 is 11.6 Å². The van der Waals surface area contributed by atoms with Gasteiger partial charge in [-0.2, -0.15) is 0 Å². The lowest BCUT2D eigenvalue weighted by Crippen LogP contribution is -2.41. The van der Waals surface area contributed by atoms with E-state index >= 15 is 0 Å². The van der Waals surface area contributed by atoms with Crippen LogP contribution in [-0.4, -0.2) is 35.0 Å². The van der Waals surface area contributed by atoms with E-state index < -0.39 is 17.5 Å². The molecule has 1 saturated heterocycles. The number of carboxylic acid groups (broad SMARTS) is 1. The molecule has 1 aliphatic heterocycles. The van der Waals surface area contributed by atoms with Gasteiger partial charge in [-0.25, -0.2) is 4.79 Å². The van der Waals surface area contributed by atoms with Crippen molar-refractivity contribution in [2.75, 3.05) is 13.1 Å². The number of amides is 1. The monoisotopic (exact) mass is 397 g/mol. The Morgan fingerprint density at radius 3 is 2.31 bits per heavy atom. The van der Waals surface area contributed by atoms with Gasteiger partial charge in [0.2, 0.25) is 5.91 Å². The summed E-state index contributed by atoms with van der Waals surface area (Å²) in [7, 11) is 0. The number of benzene rings is 1. The van der Waals surface area contributed by atoms with Gasteiger partial charge in [-0.3, -0.25) is 9.59 Å². The molecular weight excluding hydrogens is 374 g/mol. The predicted octanol–water partition coefficient (Wildman–Crippen LogP) is 3.33. The molecule has 0 saturated carbocycles. The Labute approximate surface area is 166 Å². The highest BCUT2D eigenvalue weighted by molar-refractivity contribution is 5.97. The number of furan rings is 1. The van der Waals surface area contributed by atoms with Crippen LogP contribution in [0.25, 0.3) is 21.9 Å². The summed E-state index contributed by atoms with van der Waals surface area (Å²) in [6.07, 6.45) is 0.816. The van der Waals surface area contributed by atoms with Crippen LogP contribution in [0.5, 0.6) is 0 Å². The zero-order valence-electron chi connectivity index (χ0n) is 16.7. The predicted molar refractivity (Wildman–Crippen MR) is 107 cm³/mol. The van der Waals surface area contributed by atoms with Crippen LogP contribution in [0.15, 0.2) is 25.8 Å². The maximum atomic E-state index is 12.7. The second-order valence-corrected chi connectivity index (χ2v) is 7.79. The Bertz CT molecular complexity index is 1190. The zero-order valence-corrected chi connectivity index (χ0v) is 16.7. The molecule has 0 spiro atoms. The van der Waals surface area contributed by atoms with E-state index in [1.165, 1.54) is 0 Å². The molecule has 0 radical (unpaired) electrons. The second kappa shape index (κ2) is 7.06. The number of aryl methyl sites for hydroxylation is 3. The summed E-state index contributed by atoms with van der Waals surface area (Å²) in [6.45, 7) is 6.48. The maximum Gasteiger partial charge on any atom is 0.340 e. The fourth-order valence-corrected chi connectivity index (χ4v) is 4.07. The molecule has 3 aromatic rings. The molecule has 152 valence electrons. The van der Waals surface area contributed by atoms with E-state index in [0.29, 0.717) is 42.7 Å². The summed E-state index contributed by atoms with van der Waals surface area (Å²) in [5.41, 5.74) is 2.69. The number of likely N-dealkylation sites (tertiary alicyclic amines) is 1. The van der Waals surface area contributed by atoms with Crippen LogP contribution in [0.4, 0.5) is 0 Å². The van der Waals surface area contributed by atoms with Gasteiger partial charge < -0.3 is 18.8 Å². The quantitative estimate of drug-likeness (QED) is 0.681. The van der Waals surface area contributed by atoms with E-state index in [1.807, 2.05) is 26.8 Å². The average molecular weight is 397 g/mol. The van der Waals surface area contributed by atoms with Crippen molar-refractivity contribution in [2.45, 2.75) is 40.0 Å². The number of carbonyl (C=O) groups is 2. The van der Waals surface area contributed by atoms with Crippen molar-refractivity contribution in [1.82, 2.24) is 4.90 Å². The van der Waals surface area contributed by atoms with Gasteiger partial charge in [0.1, 0.15) is 16.9 Å². The van der Waals surface area contributed by atoms with Crippen LogP contribution in [0.2, 0.25) is 0 Å². The number of piperidine rings is 1. The largest absolute Gasteiger partial charge is 0.481 e. The molecule has 1 amide bonds. The Hall–Kier alpha value is -3.09. The van der Waals surface area contributed by atoms with Gasteiger partial charge in [-0.15, -0.1) is 0 Å². The van der Waals surface area contributed by atoms with Crippen molar-refractivity contribution in [3.05, 3.63) is 45.0 Å². The maximum absolute atomic E-state index is 12.7. The van der Waals surface area contributed by atoms with Crippen molar-refractivity contribution in [1.29, 1.82) is 0 Å². The minimum absolute atomic E-state index is 0.0523. The Balaban J connectivity index is 1.66. The van der Waals surface area contributed by atoms with Crippen molar-refractivity contribution in [3.63, 3.8) is 0 Å². The van der Waals surface area contributed by atoms with Gasteiger partial charge in [-0.1, -0.05) is 0 Å². The third-order valence-corrected chi connectivity index (χ3v) is 6.11. The molecule has 3 heterocycles. The third kappa shape index (κ3) is 3.30. The van der Waals surface area contributed by atoms with Crippen LogP contribution in [-0.2, 0) is 16.0 Å². The molecule has 29 heavy (non-hydrogen) atoms. The fraction of sp³-hybridized carbons (Fsp3) is 0.409. The summed E-state index contributed by atoms with van der Waals surface area (Å²) in [5, 5.41) is 10.8. The minimum atomic E-state index is -0.820. The first-order chi connectivity index (χ1) is 13.8. The molecule has 7 nitrogen and oxygen atoms in total. The lowest BCUT2D eigenvalue weighted by atomic mass is 9.96. The first-order valence-electron chi connectivity index (χ1n) is 9.73. The molecule has 0 atom stereocenters. The number of hydrogen-bond donors (Lipinski definition) is 1. The molecule has 7 heteroatoms. The summed E-state index contributed by atoms with van der Waals surface area (Å²) >= 11 is 0. The fourth-order valence-electron chi connectivity index (χ4n) is 4.07. The van der Waals surface area contributed by atoms with Crippen LogP contribution in [0.1, 0.15) is 35.3 Å². The average Bonchev–Trinajstić information content (AvgIpc) is 2.97. The summed E-state index contributed by atoms with van der Waals surface area (Å²) in [5.74, 6) is -0.592. The molecule has 1 fully saturated rings. The highest BCUT2D eigenvalue weighted by Crippen LogP contribution is 2.31. The van der Waals surface area contributed by atoms with Gasteiger partial charge in [0.25, 0.3) is 0 Å². The number of rotatable bonds is 3. The van der Waals surface area contributed by atoms with Crippen molar-refractivity contribution >= 4 is 33.8 Å². The molecule has 4 rings (SSSR count). The van der Waals surface area contributed by atoms with Crippen LogP contribution in [0, 0.1) is 26.7 Å². The van der Waals surface area contributed by atoms with E-state index in [4.69, 9.17) is 13.9 Å². The van der Waals surface area contributed by atoms with Crippen LogP contribution >= 0.6 is 0 Å². The highest BCUT2D eigenvalue weighted by atomic mass is 16.4. The molecular formula is C22H23NO6. The first-order valence-corrected chi connectivity index (χ1v) is 9.73. The lowest BCUT2D eigenvalue weighted by molar-refractivity contribution is -0.145. The second-order valence-electron chi connectivity index (χ2n) is 7.79.